The van der Waals surface area contributed by atoms with Crippen LogP contribution in [0.5, 0.6) is 0 Å². The van der Waals surface area contributed by atoms with Gasteiger partial charge in [-0.25, -0.2) is 0 Å². The molecule has 6 heteroatoms. The van der Waals surface area contributed by atoms with Gasteiger partial charge in [-0.2, -0.15) is 0 Å². The van der Waals surface area contributed by atoms with Crippen molar-refractivity contribution in [2.45, 2.75) is 51.4 Å². The van der Waals surface area contributed by atoms with Gasteiger partial charge in [-0.3, -0.25) is 14.4 Å². The lowest BCUT2D eigenvalue weighted by atomic mass is 9.75. The quantitative estimate of drug-likeness (QED) is 0.586. The number of aliphatic carboxylic acids is 1. The molecule has 0 spiro atoms. The number of aryl methyl sites for hydroxylation is 1. The smallest absolute Gasteiger partial charge is 0.306 e. The number of carbonyl (C=O) groups excluding carboxylic acids is 2. The van der Waals surface area contributed by atoms with E-state index in [1.165, 1.54) is 0 Å². The van der Waals surface area contributed by atoms with E-state index in [1.807, 2.05) is 30.3 Å². The molecule has 0 aromatic heterocycles. The molecular formula is C21H30N2O4. The zero-order valence-electron chi connectivity index (χ0n) is 16.0. The minimum Gasteiger partial charge on any atom is -0.481 e. The molecule has 0 bridgehead atoms. The van der Waals surface area contributed by atoms with Crippen molar-refractivity contribution in [2.24, 2.45) is 11.3 Å². The molecule has 1 unspecified atom stereocenters. The van der Waals surface area contributed by atoms with Crippen LogP contribution in [-0.2, 0) is 20.8 Å². The van der Waals surface area contributed by atoms with Gasteiger partial charge < -0.3 is 15.7 Å². The Morgan fingerprint density at radius 3 is 2.41 bits per heavy atom. The molecule has 1 aliphatic rings. The van der Waals surface area contributed by atoms with E-state index in [-0.39, 0.29) is 24.8 Å². The monoisotopic (exact) mass is 374 g/mol. The van der Waals surface area contributed by atoms with Crippen LogP contribution in [0.15, 0.2) is 30.3 Å². The Hall–Kier alpha value is -2.37. The molecule has 2 rings (SSSR count). The third-order valence-corrected chi connectivity index (χ3v) is 5.57. The van der Waals surface area contributed by atoms with Crippen molar-refractivity contribution in [1.29, 1.82) is 0 Å². The minimum absolute atomic E-state index is 0.102. The van der Waals surface area contributed by atoms with Crippen molar-refractivity contribution >= 4 is 17.8 Å². The highest BCUT2D eigenvalue weighted by Crippen LogP contribution is 2.44. The summed E-state index contributed by atoms with van der Waals surface area (Å²) in [4.78, 5) is 36.0. The summed E-state index contributed by atoms with van der Waals surface area (Å²) < 4.78 is 0. The van der Waals surface area contributed by atoms with E-state index in [9.17, 15) is 19.5 Å². The molecule has 1 aromatic carbocycles. The summed E-state index contributed by atoms with van der Waals surface area (Å²) in [6.07, 6.45) is 5.11. The molecule has 1 aromatic rings. The van der Waals surface area contributed by atoms with Crippen molar-refractivity contribution in [3.63, 3.8) is 0 Å². The number of carboxylic acid groups (broad SMARTS) is 1. The van der Waals surface area contributed by atoms with Gasteiger partial charge in [0.1, 0.15) is 0 Å². The molecule has 0 heterocycles. The number of carbonyl (C=O) groups is 3. The number of rotatable bonds is 10. The van der Waals surface area contributed by atoms with Crippen LogP contribution in [0.1, 0.15) is 50.5 Å². The standard InChI is InChI=1S/C21H30N2O4/c1-22-18(24)11-14-23-20(27)21(12-5-6-13-21)15-17(19(25)26)10-9-16-7-3-2-4-8-16/h2-4,7-8,17H,5-6,9-15H2,1H3,(H,22,24)(H,23,27)(H,25,26). The van der Waals surface area contributed by atoms with Gasteiger partial charge in [0, 0.05) is 25.4 Å². The van der Waals surface area contributed by atoms with Crippen LogP contribution < -0.4 is 10.6 Å². The Labute approximate surface area is 160 Å². The predicted molar refractivity (Wildman–Crippen MR) is 103 cm³/mol. The molecule has 27 heavy (non-hydrogen) atoms. The van der Waals surface area contributed by atoms with Crippen LogP contribution in [0.4, 0.5) is 0 Å². The summed E-state index contributed by atoms with van der Waals surface area (Å²) in [5, 5.41) is 15.1. The zero-order valence-corrected chi connectivity index (χ0v) is 16.0. The van der Waals surface area contributed by atoms with E-state index in [0.29, 0.717) is 32.1 Å². The predicted octanol–water partition coefficient (Wildman–Crippen LogP) is 2.52. The Morgan fingerprint density at radius 1 is 1.15 bits per heavy atom. The lowest BCUT2D eigenvalue weighted by Crippen LogP contribution is -2.42. The molecule has 1 saturated carbocycles. The van der Waals surface area contributed by atoms with Gasteiger partial charge in [0.15, 0.2) is 0 Å². The fraction of sp³-hybridized carbons (Fsp3) is 0.571. The molecule has 2 amide bonds. The molecule has 6 nitrogen and oxygen atoms in total. The van der Waals surface area contributed by atoms with Crippen molar-refractivity contribution in [3.8, 4) is 0 Å². The zero-order chi connectivity index (χ0) is 19.7. The Bertz CT molecular complexity index is 639. The number of benzene rings is 1. The number of hydrogen-bond acceptors (Lipinski definition) is 3. The highest BCUT2D eigenvalue weighted by Gasteiger charge is 2.43. The van der Waals surface area contributed by atoms with Crippen LogP contribution in [0.3, 0.4) is 0 Å². The average molecular weight is 374 g/mol. The van der Waals surface area contributed by atoms with Gasteiger partial charge in [0.05, 0.1) is 5.92 Å². The lowest BCUT2D eigenvalue weighted by molar-refractivity contribution is -0.144. The van der Waals surface area contributed by atoms with Crippen molar-refractivity contribution in [2.75, 3.05) is 13.6 Å². The lowest BCUT2D eigenvalue weighted by Gasteiger charge is -2.30. The van der Waals surface area contributed by atoms with Gasteiger partial charge >= 0.3 is 5.97 Å². The SMILES string of the molecule is CNC(=O)CCNC(=O)C1(CC(CCc2ccccc2)C(=O)O)CCCC1. The summed E-state index contributed by atoms with van der Waals surface area (Å²) in [5.41, 5.74) is 0.488. The first-order valence-corrected chi connectivity index (χ1v) is 9.72. The highest BCUT2D eigenvalue weighted by atomic mass is 16.4. The van der Waals surface area contributed by atoms with Crippen LogP contribution in [0.25, 0.3) is 0 Å². The molecular weight excluding hydrogens is 344 g/mol. The van der Waals surface area contributed by atoms with Crippen LogP contribution in [0.2, 0.25) is 0 Å². The summed E-state index contributed by atoms with van der Waals surface area (Å²) in [6.45, 7) is 0.280. The maximum Gasteiger partial charge on any atom is 0.306 e. The Kier molecular flexibility index (Phi) is 7.82. The van der Waals surface area contributed by atoms with E-state index in [1.54, 1.807) is 7.05 Å². The van der Waals surface area contributed by atoms with E-state index in [0.717, 1.165) is 18.4 Å². The van der Waals surface area contributed by atoms with E-state index >= 15 is 0 Å². The molecule has 1 fully saturated rings. The summed E-state index contributed by atoms with van der Waals surface area (Å²) in [7, 11) is 1.56. The average Bonchev–Trinajstić information content (AvgIpc) is 3.15. The fourth-order valence-electron chi connectivity index (χ4n) is 3.95. The Balaban J connectivity index is 1.99. The van der Waals surface area contributed by atoms with Crippen LogP contribution in [0, 0.1) is 11.3 Å². The van der Waals surface area contributed by atoms with E-state index in [2.05, 4.69) is 10.6 Å². The largest absolute Gasteiger partial charge is 0.481 e. The van der Waals surface area contributed by atoms with Gasteiger partial charge in [-0.05, 0) is 37.7 Å². The van der Waals surface area contributed by atoms with Gasteiger partial charge in [0.2, 0.25) is 11.8 Å². The third kappa shape index (κ3) is 6.08. The minimum atomic E-state index is -0.838. The second-order valence-corrected chi connectivity index (χ2v) is 7.43. The maximum atomic E-state index is 12.8. The number of nitrogens with one attached hydrogen (secondary N) is 2. The van der Waals surface area contributed by atoms with Crippen molar-refractivity contribution in [1.82, 2.24) is 10.6 Å². The van der Waals surface area contributed by atoms with Crippen LogP contribution in [-0.4, -0.2) is 36.5 Å². The van der Waals surface area contributed by atoms with E-state index in [4.69, 9.17) is 0 Å². The molecule has 148 valence electrons. The molecule has 1 aliphatic carbocycles. The molecule has 0 radical (unpaired) electrons. The summed E-state index contributed by atoms with van der Waals surface area (Å²) >= 11 is 0. The topological polar surface area (TPSA) is 95.5 Å². The normalized spacial score (nSPS) is 16.5. The summed E-state index contributed by atoms with van der Waals surface area (Å²) in [5.74, 6) is -1.61. The van der Waals surface area contributed by atoms with Gasteiger partial charge in [-0.1, -0.05) is 43.2 Å². The number of amides is 2. The Morgan fingerprint density at radius 2 is 1.81 bits per heavy atom. The van der Waals surface area contributed by atoms with Crippen LogP contribution >= 0.6 is 0 Å². The molecule has 0 aliphatic heterocycles. The number of carboxylic acids is 1. The second kappa shape index (κ2) is 10.1. The van der Waals surface area contributed by atoms with Gasteiger partial charge in [-0.15, -0.1) is 0 Å². The third-order valence-electron chi connectivity index (χ3n) is 5.57. The van der Waals surface area contributed by atoms with Gasteiger partial charge in [0.25, 0.3) is 0 Å². The fourth-order valence-corrected chi connectivity index (χ4v) is 3.95. The first-order chi connectivity index (χ1) is 13.0. The first kappa shape index (κ1) is 20.9. The summed E-state index contributed by atoms with van der Waals surface area (Å²) in [6, 6.07) is 9.83. The second-order valence-electron chi connectivity index (χ2n) is 7.43. The van der Waals surface area contributed by atoms with E-state index < -0.39 is 17.3 Å². The molecule has 3 N–H and O–H groups in total. The first-order valence-electron chi connectivity index (χ1n) is 9.72. The van der Waals surface area contributed by atoms with Crippen molar-refractivity contribution in [3.05, 3.63) is 35.9 Å². The molecule has 1 atom stereocenters. The maximum absolute atomic E-state index is 12.8. The van der Waals surface area contributed by atoms with Crippen molar-refractivity contribution < 1.29 is 19.5 Å². The highest BCUT2D eigenvalue weighted by molar-refractivity contribution is 5.84. The molecule has 0 saturated heterocycles. The number of hydrogen-bond donors (Lipinski definition) is 3.